The molecule has 1 fully saturated rings. The van der Waals surface area contributed by atoms with E-state index < -0.39 is 18.2 Å². The van der Waals surface area contributed by atoms with Gasteiger partial charge in [-0.3, -0.25) is 9.63 Å². The second-order valence-electron chi connectivity index (χ2n) is 7.47. The van der Waals surface area contributed by atoms with Crippen LogP contribution in [0, 0.1) is 0 Å². The van der Waals surface area contributed by atoms with Gasteiger partial charge in [0.15, 0.2) is 0 Å². The lowest BCUT2D eigenvalue weighted by Gasteiger charge is -2.20. The fraction of sp³-hybridized carbons (Fsp3) is 0.364. The number of aliphatic hydroxyl groups is 1. The van der Waals surface area contributed by atoms with Gasteiger partial charge in [-0.05, 0) is 36.4 Å². The summed E-state index contributed by atoms with van der Waals surface area (Å²) in [6.45, 7) is 2.41. The van der Waals surface area contributed by atoms with Crippen LogP contribution in [0.1, 0.15) is 6.92 Å². The maximum Gasteiger partial charge on any atom is 0.490 e. The summed E-state index contributed by atoms with van der Waals surface area (Å²) in [5, 5.41) is 31.9. The average molecular weight is 537 g/mol. The average Bonchev–Trinajstić information content (AvgIpc) is 3.21. The summed E-state index contributed by atoms with van der Waals surface area (Å²) >= 11 is 5.86. The summed E-state index contributed by atoms with van der Waals surface area (Å²) in [6, 6.07) is 11.4. The Morgan fingerprint density at radius 3 is 2.47 bits per heavy atom. The van der Waals surface area contributed by atoms with Crippen molar-refractivity contribution in [3.8, 4) is 17.2 Å². The molecule has 14 heteroatoms. The second kappa shape index (κ2) is 13.2. The number of aliphatic carboxylic acids is 1. The first-order chi connectivity index (χ1) is 16.8. The van der Waals surface area contributed by atoms with Gasteiger partial charge in [-0.2, -0.15) is 18.2 Å². The van der Waals surface area contributed by atoms with E-state index in [0.717, 1.165) is 0 Å². The van der Waals surface area contributed by atoms with E-state index in [0.29, 0.717) is 29.6 Å². The molecule has 36 heavy (non-hydrogen) atoms. The van der Waals surface area contributed by atoms with Crippen LogP contribution in [0.4, 0.5) is 18.9 Å². The van der Waals surface area contributed by atoms with Crippen LogP contribution in [0.3, 0.4) is 0 Å². The molecule has 1 amide bonds. The molecule has 1 aliphatic rings. The van der Waals surface area contributed by atoms with Crippen molar-refractivity contribution in [2.45, 2.75) is 25.3 Å². The Morgan fingerprint density at radius 1 is 1.25 bits per heavy atom. The van der Waals surface area contributed by atoms with Crippen molar-refractivity contribution in [3.05, 3.63) is 47.5 Å². The van der Waals surface area contributed by atoms with E-state index in [4.69, 9.17) is 35.8 Å². The number of anilines is 1. The smallest absolute Gasteiger partial charge is 0.490 e. The number of hydroxylamine groups is 2. The molecule has 0 aromatic heterocycles. The predicted octanol–water partition coefficient (Wildman–Crippen LogP) is 3.07. The number of phenolic OH excluding ortho intramolecular Hbond substituents is 1. The van der Waals surface area contributed by atoms with Crippen molar-refractivity contribution in [2.75, 3.05) is 31.6 Å². The van der Waals surface area contributed by atoms with Crippen molar-refractivity contribution < 1.29 is 52.4 Å². The number of hydrogen-bond acceptors (Lipinski definition) is 8. The summed E-state index contributed by atoms with van der Waals surface area (Å²) in [5.74, 6) is -2.06. The number of carboxylic acid groups (broad SMARTS) is 1. The molecular formula is C22H24ClF3N2O8. The number of nitrogens with zero attached hydrogens (tertiary/aromatic N) is 1. The zero-order valence-electron chi connectivity index (χ0n) is 18.9. The van der Waals surface area contributed by atoms with Gasteiger partial charge in [-0.15, -0.1) is 0 Å². The Morgan fingerprint density at radius 2 is 1.89 bits per heavy atom. The molecule has 1 saturated heterocycles. The van der Waals surface area contributed by atoms with Gasteiger partial charge in [0.25, 0.3) is 0 Å². The van der Waals surface area contributed by atoms with E-state index >= 15 is 0 Å². The fourth-order valence-electron chi connectivity index (χ4n) is 2.82. The van der Waals surface area contributed by atoms with Gasteiger partial charge in [0.2, 0.25) is 5.91 Å². The molecule has 0 unspecified atom stereocenters. The van der Waals surface area contributed by atoms with E-state index in [1.807, 2.05) is 0 Å². The predicted molar refractivity (Wildman–Crippen MR) is 121 cm³/mol. The second-order valence-corrected chi connectivity index (χ2v) is 7.90. The van der Waals surface area contributed by atoms with Gasteiger partial charge in [0, 0.05) is 18.0 Å². The highest BCUT2D eigenvalue weighted by atomic mass is 35.5. The summed E-state index contributed by atoms with van der Waals surface area (Å²) in [5.41, 5.74) is 0.413. The molecule has 1 heterocycles. The third kappa shape index (κ3) is 10.2. The first-order valence-corrected chi connectivity index (χ1v) is 10.7. The number of halogens is 4. The van der Waals surface area contributed by atoms with Gasteiger partial charge in [-0.25, -0.2) is 4.79 Å². The van der Waals surface area contributed by atoms with Crippen LogP contribution in [-0.4, -0.2) is 76.9 Å². The van der Waals surface area contributed by atoms with Crippen LogP contribution < -0.4 is 14.8 Å². The standard InChI is InChI=1S/C20H23ClN2O6.C2HF3O2/c1-13(24)22-19-7-4-15(25)8-20(19)27-11-16(26)9-23-10-18(12-28-23)29-17-5-2-14(21)3-6-17;3-2(4,5)1(6)7/h2-8,16,18,25-26H,9-12H2,1H3,(H,22,24);(H,6,7)/t16-,18-;/m0./s1. The lowest BCUT2D eigenvalue weighted by Crippen LogP contribution is -2.34. The van der Waals surface area contributed by atoms with Gasteiger partial charge in [-0.1, -0.05) is 11.6 Å². The highest BCUT2D eigenvalue weighted by Gasteiger charge is 2.38. The first kappa shape index (κ1) is 29.0. The number of carbonyl (C=O) groups excluding carboxylic acids is 1. The number of hydrogen-bond donors (Lipinski definition) is 4. The minimum atomic E-state index is -5.08. The maximum absolute atomic E-state index is 11.3. The van der Waals surface area contributed by atoms with E-state index in [2.05, 4.69) is 5.32 Å². The Kier molecular flexibility index (Phi) is 10.6. The number of ether oxygens (including phenoxy) is 2. The van der Waals surface area contributed by atoms with Crippen molar-refractivity contribution in [1.29, 1.82) is 0 Å². The number of carbonyl (C=O) groups is 2. The Labute approximate surface area is 208 Å². The third-order valence-electron chi connectivity index (χ3n) is 4.33. The lowest BCUT2D eigenvalue weighted by atomic mass is 10.2. The minimum absolute atomic E-state index is 0.00587. The minimum Gasteiger partial charge on any atom is -0.508 e. The van der Waals surface area contributed by atoms with Crippen LogP contribution in [-0.2, 0) is 14.4 Å². The quantitative estimate of drug-likeness (QED) is 0.375. The van der Waals surface area contributed by atoms with Crippen LogP contribution in [0.15, 0.2) is 42.5 Å². The largest absolute Gasteiger partial charge is 0.508 e. The molecular weight excluding hydrogens is 513 g/mol. The highest BCUT2D eigenvalue weighted by Crippen LogP contribution is 2.29. The summed E-state index contributed by atoms with van der Waals surface area (Å²) in [7, 11) is 0. The molecule has 10 nitrogen and oxygen atoms in total. The molecule has 2 aromatic rings. The topological polar surface area (TPSA) is 138 Å². The van der Waals surface area contributed by atoms with Gasteiger partial charge < -0.3 is 30.1 Å². The highest BCUT2D eigenvalue weighted by molar-refractivity contribution is 6.30. The van der Waals surface area contributed by atoms with Crippen molar-refractivity contribution in [2.24, 2.45) is 0 Å². The molecule has 0 radical (unpaired) electrons. The number of aromatic hydroxyl groups is 1. The molecule has 1 aliphatic heterocycles. The SMILES string of the molecule is CC(=O)Nc1ccc(O)cc1OC[C@@H](O)CN1C[C@H](Oc2ccc(Cl)cc2)CO1.O=C(O)C(F)(F)F. The van der Waals surface area contributed by atoms with Gasteiger partial charge in [0.1, 0.15) is 42.7 Å². The molecule has 2 atom stereocenters. The number of nitrogens with one attached hydrogen (secondary N) is 1. The summed E-state index contributed by atoms with van der Waals surface area (Å²) in [6.07, 6.45) is -6.10. The summed E-state index contributed by atoms with van der Waals surface area (Å²) in [4.78, 5) is 25.7. The number of carboxylic acids is 1. The van der Waals surface area contributed by atoms with Gasteiger partial charge in [0.05, 0.1) is 18.8 Å². The number of β-amino-alcohol motifs (C(OH)–C–C–N with tert-alkyl or cyclic N) is 1. The summed E-state index contributed by atoms with van der Waals surface area (Å²) < 4.78 is 43.1. The number of alkyl halides is 3. The first-order valence-electron chi connectivity index (χ1n) is 10.3. The van der Waals surface area contributed by atoms with E-state index in [9.17, 15) is 28.2 Å². The van der Waals surface area contributed by atoms with Crippen molar-refractivity contribution in [1.82, 2.24) is 5.06 Å². The fourth-order valence-corrected chi connectivity index (χ4v) is 2.95. The van der Waals surface area contributed by atoms with Gasteiger partial charge >= 0.3 is 12.1 Å². The zero-order valence-corrected chi connectivity index (χ0v) is 19.6. The third-order valence-corrected chi connectivity index (χ3v) is 4.58. The van der Waals surface area contributed by atoms with Crippen LogP contribution >= 0.6 is 11.6 Å². The zero-order chi connectivity index (χ0) is 26.9. The molecule has 3 rings (SSSR count). The van der Waals surface area contributed by atoms with Crippen LogP contribution in [0.2, 0.25) is 5.02 Å². The molecule has 198 valence electrons. The molecule has 4 N–H and O–H groups in total. The van der Waals surface area contributed by atoms with Crippen molar-refractivity contribution in [3.63, 3.8) is 0 Å². The number of aliphatic hydroxyl groups excluding tert-OH is 1. The monoisotopic (exact) mass is 536 g/mol. The number of phenols is 1. The van der Waals surface area contributed by atoms with Crippen LogP contribution in [0.25, 0.3) is 0 Å². The molecule has 0 aliphatic carbocycles. The molecule has 0 bridgehead atoms. The number of rotatable bonds is 8. The Hall–Kier alpha value is -3.26. The number of benzene rings is 2. The Balaban J connectivity index is 0.000000572. The van der Waals surface area contributed by atoms with Crippen molar-refractivity contribution >= 4 is 29.2 Å². The van der Waals surface area contributed by atoms with E-state index in [-0.39, 0.29) is 36.7 Å². The van der Waals surface area contributed by atoms with Crippen LogP contribution in [0.5, 0.6) is 17.2 Å². The number of amides is 1. The molecule has 0 saturated carbocycles. The maximum atomic E-state index is 11.3. The molecule has 0 spiro atoms. The van der Waals surface area contributed by atoms with E-state index in [1.54, 1.807) is 29.3 Å². The van der Waals surface area contributed by atoms with E-state index in [1.165, 1.54) is 25.1 Å². The Bertz CT molecular complexity index is 1020. The normalized spacial score (nSPS) is 16.4. The molecule has 2 aromatic carbocycles. The lowest BCUT2D eigenvalue weighted by molar-refractivity contribution is -0.192.